The van der Waals surface area contributed by atoms with E-state index in [1.54, 1.807) is 0 Å². The molecule has 1 aliphatic carbocycles. The van der Waals surface area contributed by atoms with E-state index in [-0.39, 0.29) is 11.6 Å². The van der Waals surface area contributed by atoms with Crippen molar-refractivity contribution in [2.45, 2.75) is 57.8 Å². The van der Waals surface area contributed by atoms with Crippen LogP contribution in [0.1, 0.15) is 51.6 Å². The minimum absolute atomic E-state index is 0.118. The zero-order chi connectivity index (χ0) is 13.9. The number of rotatable bonds is 7. The van der Waals surface area contributed by atoms with Gasteiger partial charge in [0.25, 0.3) is 0 Å². The molecule has 0 radical (unpaired) electrons. The van der Waals surface area contributed by atoms with E-state index in [2.05, 4.69) is 26.0 Å². The summed E-state index contributed by atoms with van der Waals surface area (Å²) in [7, 11) is 0. The van der Waals surface area contributed by atoms with Gasteiger partial charge in [0, 0.05) is 6.61 Å². The molecule has 0 amide bonds. The Kier molecular flexibility index (Phi) is 4.48. The lowest BCUT2D eigenvalue weighted by Gasteiger charge is -2.34. The summed E-state index contributed by atoms with van der Waals surface area (Å²) in [5.41, 5.74) is 7.15. The second-order valence-electron chi connectivity index (χ2n) is 5.46. The summed E-state index contributed by atoms with van der Waals surface area (Å²) in [6.07, 6.45) is 3.69. The third-order valence-electron chi connectivity index (χ3n) is 3.90. The first-order chi connectivity index (χ1) is 9.09. The summed E-state index contributed by atoms with van der Waals surface area (Å²) < 4.78 is 11.6. The third kappa shape index (κ3) is 3.48. The van der Waals surface area contributed by atoms with Crippen molar-refractivity contribution in [3.63, 3.8) is 0 Å². The Hall–Kier alpha value is -1.06. The maximum absolute atomic E-state index is 6.37. The summed E-state index contributed by atoms with van der Waals surface area (Å²) in [5, 5.41) is 0. The van der Waals surface area contributed by atoms with Gasteiger partial charge < -0.3 is 15.2 Å². The number of nitrogens with two attached hydrogens (primary N) is 1. The first kappa shape index (κ1) is 14.4. The average Bonchev–Trinajstić information content (AvgIpc) is 3.23. The monoisotopic (exact) mass is 263 g/mol. The van der Waals surface area contributed by atoms with Gasteiger partial charge in [0.05, 0.1) is 17.7 Å². The average molecular weight is 263 g/mol. The summed E-state index contributed by atoms with van der Waals surface area (Å²) in [6.45, 7) is 6.88. The Morgan fingerprint density at radius 2 is 1.89 bits per heavy atom. The molecular formula is C16H25NO2. The SMILES string of the molecule is CCOC(C)(CC)C(N)c1ccc(OC2CC2)cc1. The van der Waals surface area contributed by atoms with Crippen LogP contribution in [-0.2, 0) is 4.74 Å². The van der Waals surface area contributed by atoms with E-state index in [0.717, 1.165) is 17.7 Å². The minimum Gasteiger partial charge on any atom is -0.490 e. The zero-order valence-electron chi connectivity index (χ0n) is 12.2. The lowest BCUT2D eigenvalue weighted by Crippen LogP contribution is -2.40. The quantitative estimate of drug-likeness (QED) is 0.819. The summed E-state index contributed by atoms with van der Waals surface area (Å²) >= 11 is 0. The van der Waals surface area contributed by atoms with Crippen molar-refractivity contribution in [1.82, 2.24) is 0 Å². The predicted molar refractivity (Wildman–Crippen MR) is 77.3 cm³/mol. The van der Waals surface area contributed by atoms with Gasteiger partial charge in [-0.3, -0.25) is 0 Å². The maximum atomic E-state index is 6.37. The van der Waals surface area contributed by atoms with Crippen LogP contribution in [0.25, 0.3) is 0 Å². The van der Waals surface area contributed by atoms with Crippen molar-refractivity contribution in [2.24, 2.45) is 5.73 Å². The molecule has 2 atom stereocenters. The van der Waals surface area contributed by atoms with E-state index >= 15 is 0 Å². The van der Waals surface area contributed by atoms with Crippen LogP contribution >= 0.6 is 0 Å². The van der Waals surface area contributed by atoms with Gasteiger partial charge >= 0.3 is 0 Å². The summed E-state index contributed by atoms with van der Waals surface area (Å²) in [4.78, 5) is 0. The highest BCUT2D eigenvalue weighted by atomic mass is 16.5. The normalized spacial score (nSPS) is 19.8. The highest BCUT2D eigenvalue weighted by Crippen LogP contribution is 2.32. The molecule has 1 fully saturated rings. The van der Waals surface area contributed by atoms with Crippen LogP contribution < -0.4 is 10.5 Å². The molecule has 19 heavy (non-hydrogen) atoms. The predicted octanol–water partition coefficient (Wildman–Crippen LogP) is 3.43. The molecule has 2 N–H and O–H groups in total. The van der Waals surface area contributed by atoms with Crippen LogP contribution in [0, 0.1) is 0 Å². The molecule has 0 saturated heterocycles. The largest absolute Gasteiger partial charge is 0.490 e. The molecule has 1 saturated carbocycles. The molecule has 0 bridgehead atoms. The third-order valence-corrected chi connectivity index (χ3v) is 3.90. The number of ether oxygens (including phenoxy) is 2. The molecule has 3 nitrogen and oxygen atoms in total. The Bertz CT molecular complexity index is 400. The molecule has 2 rings (SSSR count). The van der Waals surface area contributed by atoms with E-state index in [9.17, 15) is 0 Å². The molecule has 1 aliphatic rings. The smallest absolute Gasteiger partial charge is 0.119 e. The van der Waals surface area contributed by atoms with E-state index < -0.39 is 0 Å². The second kappa shape index (κ2) is 5.93. The van der Waals surface area contributed by atoms with Crippen LogP contribution in [0.3, 0.4) is 0 Å². The van der Waals surface area contributed by atoms with E-state index in [4.69, 9.17) is 15.2 Å². The van der Waals surface area contributed by atoms with Crippen molar-refractivity contribution in [2.75, 3.05) is 6.61 Å². The molecule has 0 heterocycles. The zero-order valence-corrected chi connectivity index (χ0v) is 12.2. The van der Waals surface area contributed by atoms with Gasteiger partial charge in [0.1, 0.15) is 5.75 Å². The standard InChI is InChI=1S/C16H25NO2/c1-4-16(3,18-5-2)15(17)12-6-8-13(9-7-12)19-14-10-11-14/h6-9,14-15H,4-5,10-11,17H2,1-3H3. The molecule has 1 aromatic rings. The van der Waals surface area contributed by atoms with Crippen LogP contribution in [0.5, 0.6) is 5.75 Å². The molecule has 0 aliphatic heterocycles. The van der Waals surface area contributed by atoms with Gasteiger partial charge in [-0.1, -0.05) is 19.1 Å². The summed E-state index contributed by atoms with van der Waals surface area (Å²) in [6, 6.07) is 8.00. The molecule has 106 valence electrons. The van der Waals surface area contributed by atoms with E-state index in [1.807, 2.05) is 19.1 Å². The van der Waals surface area contributed by atoms with Crippen LogP contribution in [-0.4, -0.2) is 18.3 Å². The molecular weight excluding hydrogens is 238 g/mol. The second-order valence-corrected chi connectivity index (χ2v) is 5.46. The molecule has 0 spiro atoms. The van der Waals surface area contributed by atoms with Crippen molar-refractivity contribution in [1.29, 1.82) is 0 Å². The molecule has 3 heteroatoms. The van der Waals surface area contributed by atoms with Crippen molar-refractivity contribution in [3.05, 3.63) is 29.8 Å². The van der Waals surface area contributed by atoms with Gasteiger partial charge in [-0.2, -0.15) is 0 Å². The Morgan fingerprint density at radius 3 is 2.37 bits per heavy atom. The lowest BCUT2D eigenvalue weighted by atomic mass is 9.88. The molecule has 1 aromatic carbocycles. The summed E-state index contributed by atoms with van der Waals surface area (Å²) in [5.74, 6) is 0.938. The van der Waals surface area contributed by atoms with Crippen LogP contribution in [0.4, 0.5) is 0 Å². The van der Waals surface area contributed by atoms with Gasteiger partial charge in [-0.05, 0) is 50.8 Å². The van der Waals surface area contributed by atoms with E-state index in [0.29, 0.717) is 12.7 Å². The highest BCUT2D eigenvalue weighted by molar-refractivity contribution is 5.30. The number of hydrogen-bond acceptors (Lipinski definition) is 3. The van der Waals surface area contributed by atoms with Crippen LogP contribution in [0.2, 0.25) is 0 Å². The lowest BCUT2D eigenvalue weighted by molar-refractivity contribution is -0.0472. The minimum atomic E-state index is -0.312. The Labute approximate surface area is 116 Å². The Morgan fingerprint density at radius 1 is 1.26 bits per heavy atom. The molecule has 2 unspecified atom stereocenters. The van der Waals surface area contributed by atoms with Gasteiger partial charge in [-0.25, -0.2) is 0 Å². The fraction of sp³-hybridized carbons (Fsp3) is 0.625. The fourth-order valence-corrected chi connectivity index (χ4v) is 2.23. The van der Waals surface area contributed by atoms with Crippen molar-refractivity contribution in [3.8, 4) is 5.75 Å². The molecule has 0 aromatic heterocycles. The number of hydrogen-bond donors (Lipinski definition) is 1. The maximum Gasteiger partial charge on any atom is 0.119 e. The fourth-order valence-electron chi connectivity index (χ4n) is 2.23. The van der Waals surface area contributed by atoms with Gasteiger partial charge in [0.15, 0.2) is 0 Å². The van der Waals surface area contributed by atoms with Crippen molar-refractivity contribution < 1.29 is 9.47 Å². The van der Waals surface area contributed by atoms with Crippen LogP contribution in [0.15, 0.2) is 24.3 Å². The topological polar surface area (TPSA) is 44.5 Å². The first-order valence-corrected chi connectivity index (χ1v) is 7.25. The number of benzene rings is 1. The van der Waals surface area contributed by atoms with Crippen molar-refractivity contribution >= 4 is 0 Å². The Balaban J connectivity index is 2.06. The first-order valence-electron chi connectivity index (χ1n) is 7.25. The van der Waals surface area contributed by atoms with Gasteiger partial charge in [0.2, 0.25) is 0 Å². The highest BCUT2D eigenvalue weighted by Gasteiger charge is 2.31. The van der Waals surface area contributed by atoms with Gasteiger partial charge in [-0.15, -0.1) is 0 Å². The van der Waals surface area contributed by atoms with E-state index in [1.165, 1.54) is 12.8 Å².